The molecule has 0 bridgehead atoms. The molecule has 1 unspecified atom stereocenters. The predicted octanol–water partition coefficient (Wildman–Crippen LogP) is 1.14. The first-order chi connectivity index (χ1) is 9.98. The first kappa shape index (κ1) is 15.8. The van der Waals surface area contributed by atoms with Gasteiger partial charge in [0.2, 0.25) is 0 Å². The van der Waals surface area contributed by atoms with Crippen molar-refractivity contribution in [2.24, 2.45) is 0 Å². The minimum atomic E-state index is -0.584. The van der Waals surface area contributed by atoms with E-state index in [4.69, 9.17) is 10.00 Å². The van der Waals surface area contributed by atoms with Crippen molar-refractivity contribution in [2.75, 3.05) is 26.2 Å². The second kappa shape index (κ2) is 6.90. The Labute approximate surface area is 125 Å². The van der Waals surface area contributed by atoms with Crippen molar-refractivity contribution in [1.82, 2.24) is 4.90 Å². The molecule has 21 heavy (non-hydrogen) atoms. The van der Waals surface area contributed by atoms with Gasteiger partial charge in [0.15, 0.2) is 0 Å². The molecule has 114 valence electrons. The standard InChI is InChI=1S/C16H22N2O3/c1-16(20)5-7-18(8-6-16)11-14(19)12-21-15-4-2-3-13(9-15)10-17/h2-4,9,14,19-20H,5-8,11-12H2,1H3. The lowest BCUT2D eigenvalue weighted by Crippen LogP contribution is -2.45. The summed E-state index contributed by atoms with van der Waals surface area (Å²) in [5.41, 5.74) is -0.0318. The van der Waals surface area contributed by atoms with Gasteiger partial charge in [-0.25, -0.2) is 0 Å². The van der Waals surface area contributed by atoms with Crippen LogP contribution in [-0.2, 0) is 0 Å². The summed E-state index contributed by atoms with van der Waals surface area (Å²) < 4.78 is 5.52. The van der Waals surface area contributed by atoms with Crippen LogP contribution in [0.1, 0.15) is 25.3 Å². The SMILES string of the molecule is CC1(O)CCN(CC(O)COc2cccc(C#N)c2)CC1. The molecule has 0 aliphatic carbocycles. The van der Waals surface area contributed by atoms with Gasteiger partial charge in [-0.15, -0.1) is 0 Å². The maximum Gasteiger partial charge on any atom is 0.120 e. The molecule has 1 aromatic carbocycles. The Morgan fingerprint density at radius 1 is 1.43 bits per heavy atom. The number of likely N-dealkylation sites (tertiary alicyclic amines) is 1. The molecule has 1 atom stereocenters. The third-order valence-electron chi connectivity index (χ3n) is 3.81. The van der Waals surface area contributed by atoms with Crippen LogP contribution in [0.2, 0.25) is 0 Å². The Kier molecular flexibility index (Phi) is 5.18. The van der Waals surface area contributed by atoms with Crippen LogP contribution < -0.4 is 4.74 Å². The molecule has 1 heterocycles. The summed E-state index contributed by atoms with van der Waals surface area (Å²) in [5, 5.41) is 28.7. The largest absolute Gasteiger partial charge is 0.491 e. The van der Waals surface area contributed by atoms with Crippen molar-refractivity contribution < 1.29 is 14.9 Å². The molecule has 2 N–H and O–H groups in total. The average Bonchev–Trinajstić information content (AvgIpc) is 2.48. The van der Waals surface area contributed by atoms with Gasteiger partial charge in [0.1, 0.15) is 18.5 Å². The van der Waals surface area contributed by atoms with Gasteiger partial charge in [-0.2, -0.15) is 5.26 Å². The highest BCUT2D eigenvalue weighted by Gasteiger charge is 2.28. The lowest BCUT2D eigenvalue weighted by Gasteiger charge is -2.36. The van der Waals surface area contributed by atoms with Crippen LogP contribution in [0.3, 0.4) is 0 Å². The van der Waals surface area contributed by atoms with Crippen LogP contribution >= 0.6 is 0 Å². The lowest BCUT2D eigenvalue weighted by atomic mass is 9.94. The summed E-state index contributed by atoms with van der Waals surface area (Å²) in [4.78, 5) is 2.14. The van der Waals surface area contributed by atoms with Gasteiger partial charge < -0.3 is 19.8 Å². The third kappa shape index (κ3) is 5.01. The van der Waals surface area contributed by atoms with Crippen LogP contribution in [-0.4, -0.2) is 53.1 Å². The molecule has 0 amide bonds. The van der Waals surface area contributed by atoms with E-state index in [2.05, 4.69) is 11.0 Å². The molecule has 1 fully saturated rings. The number of benzene rings is 1. The van der Waals surface area contributed by atoms with Crippen LogP contribution in [0.5, 0.6) is 5.75 Å². The Bertz CT molecular complexity index is 500. The zero-order valence-electron chi connectivity index (χ0n) is 12.3. The highest BCUT2D eigenvalue weighted by atomic mass is 16.5. The number of aliphatic hydroxyl groups is 2. The minimum absolute atomic E-state index is 0.196. The van der Waals surface area contributed by atoms with Gasteiger partial charge in [0, 0.05) is 19.6 Å². The number of aliphatic hydroxyl groups excluding tert-OH is 1. The maximum absolute atomic E-state index is 10.0. The second-order valence-electron chi connectivity index (χ2n) is 5.90. The number of nitriles is 1. The Hall–Kier alpha value is -1.61. The van der Waals surface area contributed by atoms with Gasteiger partial charge >= 0.3 is 0 Å². The highest BCUT2D eigenvalue weighted by molar-refractivity contribution is 5.36. The average molecular weight is 290 g/mol. The van der Waals surface area contributed by atoms with E-state index < -0.39 is 11.7 Å². The van der Waals surface area contributed by atoms with E-state index in [0.717, 1.165) is 25.9 Å². The Morgan fingerprint density at radius 3 is 2.81 bits per heavy atom. The first-order valence-corrected chi connectivity index (χ1v) is 7.24. The molecule has 5 nitrogen and oxygen atoms in total. The molecule has 2 rings (SSSR count). The van der Waals surface area contributed by atoms with Crippen LogP contribution in [0.15, 0.2) is 24.3 Å². The van der Waals surface area contributed by atoms with Crippen molar-refractivity contribution in [3.05, 3.63) is 29.8 Å². The fourth-order valence-corrected chi connectivity index (χ4v) is 2.42. The van der Waals surface area contributed by atoms with Crippen molar-refractivity contribution in [2.45, 2.75) is 31.5 Å². The number of hydrogen-bond acceptors (Lipinski definition) is 5. The smallest absolute Gasteiger partial charge is 0.120 e. The topological polar surface area (TPSA) is 76.7 Å². The predicted molar refractivity (Wildman–Crippen MR) is 79.0 cm³/mol. The first-order valence-electron chi connectivity index (χ1n) is 7.24. The van der Waals surface area contributed by atoms with Crippen LogP contribution in [0.25, 0.3) is 0 Å². The van der Waals surface area contributed by atoms with Gasteiger partial charge in [-0.1, -0.05) is 6.07 Å². The quantitative estimate of drug-likeness (QED) is 0.850. The number of β-amino-alcohol motifs (C(OH)–C–C–N with tert-alkyl or cyclic N) is 1. The van der Waals surface area contributed by atoms with Crippen LogP contribution in [0.4, 0.5) is 0 Å². The maximum atomic E-state index is 10.0. The number of piperidine rings is 1. The number of ether oxygens (including phenoxy) is 1. The van der Waals surface area contributed by atoms with Crippen molar-refractivity contribution in [3.63, 3.8) is 0 Å². The molecule has 0 spiro atoms. The van der Waals surface area contributed by atoms with Crippen molar-refractivity contribution in [1.29, 1.82) is 5.26 Å². The van der Waals surface area contributed by atoms with Gasteiger partial charge in [-0.05, 0) is 38.0 Å². The Morgan fingerprint density at radius 2 is 2.14 bits per heavy atom. The molecular weight excluding hydrogens is 268 g/mol. The summed E-state index contributed by atoms with van der Waals surface area (Å²) in [7, 11) is 0. The van der Waals surface area contributed by atoms with E-state index in [1.807, 2.05) is 6.92 Å². The van der Waals surface area contributed by atoms with E-state index in [1.54, 1.807) is 24.3 Å². The van der Waals surface area contributed by atoms with Gasteiger partial charge in [0.05, 0.1) is 17.2 Å². The van der Waals surface area contributed by atoms with Crippen LogP contribution in [0, 0.1) is 11.3 Å². The molecule has 5 heteroatoms. The van der Waals surface area contributed by atoms with Crippen molar-refractivity contribution >= 4 is 0 Å². The molecule has 1 aliphatic heterocycles. The normalized spacial score (nSPS) is 19.7. The van der Waals surface area contributed by atoms with E-state index in [-0.39, 0.29) is 6.61 Å². The lowest BCUT2D eigenvalue weighted by molar-refractivity contribution is -0.0201. The molecule has 0 radical (unpaired) electrons. The van der Waals surface area contributed by atoms with E-state index >= 15 is 0 Å². The second-order valence-corrected chi connectivity index (χ2v) is 5.90. The van der Waals surface area contributed by atoms with Gasteiger partial charge in [-0.3, -0.25) is 0 Å². The Balaban J connectivity index is 1.75. The van der Waals surface area contributed by atoms with Gasteiger partial charge in [0.25, 0.3) is 0 Å². The summed E-state index contributed by atoms with van der Waals surface area (Å²) in [5.74, 6) is 0.592. The minimum Gasteiger partial charge on any atom is -0.491 e. The summed E-state index contributed by atoms with van der Waals surface area (Å²) in [6, 6.07) is 8.95. The van der Waals surface area contributed by atoms with Crippen molar-refractivity contribution in [3.8, 4) is 11.8 Å². The highest BCUT2D eigenvalue weighted by Crippen LogP contribution is 2.21. The molecule has 1 aliphatic rings. The summed E-state index contributed by atoms with van der Waals surface area (Å²) >= 11 is 0. The fourth-order valence-electron chi connectivity index (χ4n) is 2.42. The number of hydrogen-bond donors (Lipinski definition) is 2. The van der Waals surface area contributed by atoms with E-state index in [0.29, 0.717) is 17.9 Å². The molecule has 1 aromatic rings. The zero-order valence-corrected chi connectivity index (χ0v) is 12.3. The fraction of sp³-hybridized carbons (Fsp3) is 0.562. The summed E-state index contributed by atoms with van der Waals surface area (Å²) in [6.45, 7) is 4.16. The third-order valence-corrected chi connectivity index (χ3v) is 3.81. The molecule has 0 aromatic heterocycles. The summed E-state index contributed by atoms with van der Waals surface area (Å²) in [6.07, 6.45) is 0.869. The number of rotatable bonds is 5. The van der Waals surface area contributed by atoms with E-state index in [1.165, 1.54) is 0 Å². The molecule has 1 saturated heterocycles. The van der Waals surface area contributed by atoms with E-state index in [9.17, 15) is 10.2 Å². The monoisotopic (exact) mass is 290 g/mol. The number of nitrogens with zero attached hydrogens (tertiary/aromatic N) is 2. The zero-order chi connectivity index (χ0) is 15.3. The molecular formula is C16H22N2O3. The molecule has 0 saturated carbocycles.